The lowest BCUT2D eigenvalue weighted by molar-refractivity contribution is 0.262. The van der Waals surface area contributed by atoms with Gasteiger partial charge in [0.2, 0.25) is 0 Å². The van der Waals surface area contributed by atoms with Crippen LogP contribution in [0.25, 0.3) is 0 Å². The van der Waals surface area contributed by atoms with Crippen molar-refractivity contribution < 1.29 is 4.79 Å². The minimum absolute atomic E-state index is 0.434. The molecule has 0 heterocycles. The quantitative estimate of drug-likeness (QED) is 0.745. The fourth-order valence-corrected chi connectivity index (χ4v) is 2.60. The zero-order chi connectivity index (χ0) is 16.1. The molecule has 0 saturated carbocycles. The number of urea groups is 1. The molecule has 108 valence electrons. The van der Waals surface area contributed by atoms with E-state index < -0.39 is 6.03 Å². The molecule has 0 radical (unpaired) electrons. The highest BCUT2D eigenvalue weighted by atomic mass is 79.9. The van der Waals surface area contributed by atoms with E-state index in [4.69, 9.17) is 10.5 Å². The van der Waals surface area contributed by atoms with Crippen molar-refractivity contribution in [3.63, 3.8) is 0 Å². The van der Waals surface area contributed by atoms with Crippen molar-refractivity contribution in [3.05, 3.63) is 56.5 Å². The van der Waals surface area contributed by atoms with Gasteiger partial charge in [0.25, 0.3) is 0 Å². The maximum atomic E-state index is 12.0. The van der Waals surface area contributed by atoms with E-state index in [0.29, 0.717) is 31.4 Å². The number of carbonyl (C=O) groups excluding carboxylic acids is 1. The Bertz CT molecular complexity index is 754. The van der Waals surface area contributed by atoms with Crippen molar-refractivity contribution in [2.24, 2.45) is 0 Å². The topological polar surface area (TPSA) is 88.7 Å². The lowest BCUT2D eigenvalue weighted by Gasteiger charge is -2.10. The first-order valence-corrected chi connectivity index (χ1v) is 7.59. The van der Waals surface area contributed by atoms with E-state index in [2.05, 4.69) is 42.5 Å². The van der Waals surface area contributed by atoms with Crippen LogP contribution in [0.2, 0.25) is 0 Å². The van der Waals surface area contributed by atoms with Gasteiger partial charge in [-0.15, -0.1) is 0 Å². The molecular weight excluding hydrogens is 412 g/mol. The number of anilines is 2. The van der Waals surface area contributed by atoms with Crippen LogP contribution in [0.4, 0.5) is 16.2 Å². The summed E-state index contributed by atoms with van der Waals surface area (Å²) in [5.74, 6) is 0. The van der Waals surface area contributed by atoms with Crippen molar-refractivity contribution >= 4 is 49.3 Å². The molecule has 0 saturated heterocycles. The summed E-state index contributed by atoms with van der Waals surface area (Å²) >= 11 is 6.59. The number of carbonyl (C=O) groups is 1. The highest BCUT2D eigenvalue weighted by Crippen LogP contribution is 2.26. The molecule has 2 rings (SSSR count). The number of hydrogen-bond acceptors (Lipinski definition) is 3. The van der Waals surface area contributed by atoms with Gasteiger partial charge in [0.1, 0.15) is 0 Å². The van der Waals surface area contributed by atoms with Crippen LogP contribution in [0.15, 0.2) is 45.3 Å². The predicted octanol–water partition coefficient (Wildman–Crippen LogP) is 4.60. The molecule has 0 aliphatic rings. The third-order valence-electron chi connectivity index (χ3n) is 2.69. The molecule has 0 fully saturated rings. The van der Waals surface area contributed by atoms with Crippen molar-refractivity contribution in [3.8, 4) is 12.1 Å². The standard InChI is InChI=1S/C15H8Br2N4O/c16-11-5-9(7-18)1-3-13(11)20-15(22)21-14-4-2-10(8-19)6-12(14)17/h1-6H,(H2,20,21,22). The number of nitrogens with zero attached hydrogens (tertiary/aromatic N) is 2. The van der Waals surface area contributed by atoms with Gasteiger partial charge in [-0.1, -0.05) is 0 Å². The average Bonchev–Trinajstić information content (AvgIpc) is 2.51. The molecule has 0 unspecified atom stereocenters. The number of nitriles is 2. The Balaban J connectivity index is 2.11. The first-order chi connectivity index (χ1) is 10.5. The molecule has 2 aromatic rings. The van der Waals surface area contributed by atoms with Crippen LogP contribution in [0.3, 0.4) is 0 Å². The maximum Gasteiger partial charge on any atom is 0.323 e. The number of rotatable bonds is 2. The van der Waals surface area contributed by atoms with Crippen molar-refractivity contribution in [2.45, 2.75) is 0 Å². The fraction of sp³-hybridized carbons (Fsp3) is 0. The highest BCUT2D eigenvalue weighted by Gasteiger charge is 2.09. The molecule has 0 aliphatic carbocycles. The van der Waals surface area contributed by atoms with Crippen LogP contribution in [0, 0.1) is 22.7 Å². The van der Waals surface area contributed by atoms with E-state index in [0.717, 1.165) is 0 Å². The van der Waals surface area contributed by atoms with Crippen molar-refractivity contribution in [1.82, 2.24) is 0 Å². The van der Waals surface area contributed by atoms with E-state index in [9.17, 15) is 4.79 Å². The Morgan fingerprint density at radius 1 is 0.864 bits per heavy atom. The maximum absolute atomic E-state index is 12.0. The van der Waals surface area contributed by atoms with Gasteiger partial charge >= 0.3 is 6.03 Å². The second-order valence-corrected chi connectivity index (χ2v) is 5.90. The van der Waals surface area contributed by atoms with Gasteiger partial charge in [-0.3, -0.25) is 0 Å². The monoisotopic (exact) mass is 418 g/mol. The van der Waals surface area contributed by atoms with Crippen LogP contribution >= 0.6 is 31.9 Å². The van der Waals surface area contributed by atoms with Crippen molar-refractivity contribution in [1.29, 1.82) is 10.5 Å². The summed E-state index contributed by atoms with van der Waals surface area (Å²) in [5, 5.41) is 23.0. The number of amides is 2. The summed E-state index contributed by atoms with van der Waals surface area (Å²) in [4.78, 5) is 12.0. The first kappa shape index (κ1) is 16.0. The second-order valence-electron chi connectivity index (χ2n) is 4.19. The molecule has 0 aromatic heterocycles. The third kappa shape index (κ3) is 3.85. The molecule has 0 bridgehead atoms. The summed E-state index contributed by atoms with van der Waals surface area (Å²) in [6, 6.07) is 13.3. The zero-order valence-electron chi connectivity index (χ0n) is 11.0. The molecule has 7 heteroatoms. The minimum atomic E-state index is -0.434. The third-order valence-corrected chi connectivity index (χ3v) is 4.00. The lowest BCUT2D eigenvalue weighted by Crippen LogP contribution is -2.20. The molecule has 22 heavy (non-hydrogen) atoms. The summed E-state index contributed by atoms with van der Waals surface area (Å²) in [6.45, 7) is 0. The zero-order valence-corrected chi connectivity index (χ0v) is 14.2. The Labute approximate surface area is 143 Å². The molecule has 0 spiro atoms. The second kappa shape index (κ2) is 7.08. The molecule has 2 aromatic carbocycles. The van der Waals surface area contributed by atoms with Gasteiger partial charge in [-0.25, -0.2) is 4.79 Å². The van der Waals surface area contributed by atoms with E-state index in [-0.39, 0.29) is 0 Å². The molecule has 2 amide bonds. The molecule has 2 N–H and O–H groups in total. The Hall–Kier alpha value is -2.35. The Morgan fingerprint density at radius 3 is 1.59 bits per heavy atom. The molecule has 0 atom stereocenters. The van der Waals surface area contributed by atoms with Crippen LogP contribution in [-0.2, 0) is 0 Å². The van der Waals surface area contributed by atoms with E-state index >= 15 is 0 Å². The van der Waals surface area contributed by atoms with Gasteiger partial charge in [-0.2, -0.15) is 10.5 Å². The van der Waals surface area contributed by atoms with Gasteiger partial charge < -0.3 is 10.6 Å². The summed E-state index contributed by atoms with van der Waals surface area (Å²) < 4.78 is 1.22. The Morgan fingerprint density at radius 2 is 1.27 bits per heavy atom. The smallest absolute Gasteiger partial charge is 0.307 e. The van der Waals surface area contributed by atoms with E-state index in [1.807, 2.05) is 12.1 Å². The molecule has 5 nitrogen and oxygen atoms in total. The summed E-state index contributed by atoms with van der Waals surface area (Å²) in [5.41, 5.74) is 2.07. The largest absolute Gasteiger partial charge is 0.323 e. The minimum Gasteiger partial charge on any atom is -0.307 e. The van der Waals surface area contributed by atoms with E-state index in [1.165, 1.54) is 0 Å². The van der Waals surface area contributed by atoms with Crippen LogP contribution < -0.4 is 10.6 Å². The number of nitrogens with one attached hydrogen (secondary N) is 2. The lowest BCUT2D eigenvalue weighted by atomic mass is 10.2. The van der Waals surface area contributed by atoms with Crippen LogP contribution in [0.1, 0.15) is 11.1 Å². The van der Waals surface area contributed by atoms with Gasteiger partial charge in [0.05, 0.1) is 34.6 Å². The highest BCUT2D eigenvalue weighted by molar-refractivity contribution is 9.11. The van der Waals surface area contributed by atoms with Gasteiger partial charge in [0.15, 0.2) is 0 Å². The van der Waals surface area contributed by atoms with Crippen molar-refractivity contribution in [2.75, 3.05) is 10.6 Å². The predicted molar refractivity (Wildman–Crippen MR) is 90.4 cm³/mol. The summed E-state index contributed by atoms with van der Waals surface area (Å²) in [6.07, 6.45) is 0. The van der Waals surface area contributed by atoms with Gasteiger partial charge in [-0.05, 0) is 68.3 Å². The number of benzene rings is 2. The van der Waals surface area contributed by atoms with Crippen LogP contribution in [-0.4, -0.2) is 6.03 Å². The van der Waals surface area contributed by atoms with E-state index in [1.54, 1.807) is 36.4 Å². The molecular formula is C15H8Br2N4O. The van der Waals surface area contributed by atoms with Crippen LogP contribution in [0.5, 0.6) is 0 Å². The van der Waals surface area contributed by atoms with Gasteiger partial charge in [0, 0.05) is 8.95 Å². The number of halogens is 2. The Kier molecular flexibility index (Phi) is 5.16. The summed E-state index contributed by atoms with van der Waals surface area (Å²) in [7, 11) is 0. The SMILES string of the molecule is N#Cc1ccc(NC(=O)Nc2ccc(C#N)cc2Br)c(Br)c1. The number of hydrogen-bond donors (Lipinski definition) is 2. The average molecular weight is 420 g/mol. The first-order valence-electron chi connectivity index (χ1n) is 6.01. The fourth-order valence-electron chi connectivity index (χ4n) is 1.65. The normalized spacial score (nSPS) is 9.45. The molecule has 0 aliphatic heterocycles.